The molecule has 1 aromatic carbocycles. The summed E-state index contributed by atoms with van der Waals surface area (Å²) in [5.74, 6) is -0.172. The van der Waals surface area contributed by atoms with Crippen molar-refractivity contribution in [1.29, 1.82) is 0 Å². The van der Waals surface area contributed by atoms with Crippen molar-refractivity contribution in [2.45, 2.75) is 10.6 Å². The predicted molar refractivity (Wildman–Crippen MR) is 61.3 cm³/mol. The molecule has 9 heteroatoms. The lowest BCUT2D eigenvalue weighted by Gasteiger charge is -2.01. The molecule has 0 saturated heterocycles. The first-order valence-electron chi connectivity index (χ1n) is 4.33. The van der Waals surface area contributed by atoms with Crippen LogP contribution >= 0.6 is 0 Å². The maximum Gasteiger partial charge on any atom is 0.264 e. The lowest BCUT2D eigenvalue weighted by Crippen LogP contribution is -2.01. The number of hydrogen-bond acceptors (Lipinski definition) is 4. The highest BCUT2D eigenvalue weighted by atomic mass is 32.2. The second-order valence-electron chi connectivity index (χ2n) is 3.36. The summed E-state index contributed by atoms with van der Waals surface area (Å²) in [6.45, 7) is 0. The van der Waals surface area contributed by atoms with E-state index in [4.69, 9.17) is 5.53 Å². The third kappa shape index (κ3) is 4.06. The Morgan fingerprint density at radius 2 is 1.71 bits per heavy atom. The van der Waals surface area contributed by atoms with Gasteiger partial charge in [0.2, 0.25) is 0 Å². The zero-order valence-corrected chi connectivity index (χ0v) is 10.4. The molecule has 0 N–H and O–H groups in total. The smallest absolute Gasteiger partial charge is 0.229 e. The van der Waals surface area contributed by atoms with Crippen LogP contribution in [0, 0.1) is 0 Å². The van der Waals surface area contributed by atoms with Gasteiger partial charge in [0.05, 0.1) is 10.6 Å². The molecule has 0 fully saturated rings. The number of azide groups is 1. The molecule has 1 aromatic rings. The van der Waals surface area contributed by atoms with Crippen LogP contribution in [-0.2, 0) is 25.6 Å². The van der Waals surface area contributed by atoms with Gasteiger partial charge in [-0.05, 0) is 23.2 Å². The van der Waals surface area contributed by atoms with E-state index in [1.54, 1.807) is 0 Å². The predicted octanol–water partition coefficient (Wildman–Crippen LogP) is 1.23. The third-order valence-electron chi connectivity index (χ3n) is 1.79. The quantitative estimate of drug-likeness (QED) is 0.466. The van der Waals surface area contributed by atoms with Crippen LogP contribution < -0.4 is 0 Å². The zero-order chi connectivity index (χ0) is 13.1. The molecule has 1 rings (SSSR count). The molecular weight excluding hydrogens is 266 g/mol. The van der Waals surface area contributed by atoms with Crippen molar-refractivity contribution in [3.63, 3.8) is 0 Å². The van der Waals surface area contributed by atoms with Crippen LogP contribution in [0.5, 0.6) is 0 Å². The Bertz CT molecular complexity index is 655. The molecule has 0 saturated carbocycles. The maximum absolute atomic E-state index is 11.3. The van der Waals surface area contributed by atoms with Crippen molar-refractivity contribution in [2.75, 3.05) is 6.26 Å². The summed E-state index contributed by atoms with van der Waals surface area (Å²) in [4.78, 5) is 2.03. The van der Waals surface area contributed by atoms with Gasteiger partial charge < -0.3 is 0 Å². The Morgan fingerprint density at radius 3 is 2.12 bits per heavy atom. The number of sulfonamides is 1. The second kappa shape index (κ2) is 4.74. The molecule has 17 heavy (non-hydrogen) atoms. The maximum atomic E-state index is 11.3. The van der Waals surface area contributed by atoms with Gasteiger partial charge in [-0.1, -0.05) is 12.1 Å². The van der Waals surface area contributed by atoms with E-state index in [-0.39, 0.29) is 10.6 Å². The lowest BCUT2D eigenvalue weighted by atomic mass is 10.2. The van der Waals surface area contributed by atoms with Gasteiger partial charge in [-0.25, -0.2) is 16.8 Å². The Labute approximate surface area is 98.7 Å². The summed E-state index contributed by atoms with van der Waals surface area (Å²) in [6.07, 6.45) is 1.08. The van der Waals surface area contributed by atoms with Gasteiger partial charge in [0.15, 0.2) is 9.84 Å². The summed E-state index contributed by atoms with van der Waals surface area (Å²) in [5, 5.41) is 0. The third-order valence-corrected chi connectivity index (χ3v) is 3.81. The fourth-order valence-corrected chi connectivity index (χ4v) is 2.62. The highest BCUT2D eigenvalue weighted by molar-refractivity contribution is 7.90. The summed E-state index contributed by atoms with van der Waals surface area (Å²) >= 11 is 0. The molecule has 0 amide bonds. The van der Waals surface area contributed by atoms with Gasteiger partial charge in [0.1, 0.15) is 0 Å². The Hall–Kier alpha value is -1.57. The van der Waals surface area contributed by atoms with Crippen molar-refractivity contribution in [1.82, 2.24) is 0 Å². The van der Waals surface area contributed by atoms with Gasteiger partial charge in [-0.2, -0.15) is 0 Å². The molecule has 0 heterocycles. The van der Waals surface area contributed by atoms with Crippen LogP contribution in [0.15, 0.2) is 33.7 Å². The van der Waals surface area contributed by atoms with E-state index in [1.807, 2.05) is 0 Å². The van der Waals surface area contributed by atoms with Crippen molar-refractivity contribution in [3.05, 3.63) is 40.3 Å². The van der Waals surface area contributed by atoms with Crippen LogP contribution in [0.2, 0.25) is 0 Å². The van der Waals surface area contributed by atoms with E-state index >= 15 is 0 Å². The van der Waals surface area contributed by atoms with E-state index in [0.29, 0.717) is 5.56 Å². The van der Waals surface area contributed by atoms with E-state index < -0.39 is 19.9 Å². The van der Waals surface area contributed by atoms with E-state index in [2.05, 4.69) is 9.43 Å². The topological polar surface area (TPSA) is 117 Å². The molecule has 0 atom stereocenters. The number of rotatable bonds is 4. The highest BCUT2D eigenvalue weighted by Crippen LogP contribution is 2.14. The second-order valence-corrected chi connectivity index (χ2v) is 7.09. The first-order chi connectivity index (χ1) is 7.74. The molecule has 0 unspecified atom stereocenters. The van der Waals surface area contributed by atoms with E-state index in [1.165, 1.54) is 24.3 Å². The number of hydrogen-bond donors (Lipinski definition) is 0. The Balaban J connectivity index is 3.09. The molecular formula is C8H9N3O4S2. The Kier molecular flexibility index (Phi) is 3.76. The minimum atomic E-state index is -4.01. The Morgan fingerprint density at radius 1 is 1.18 bits per heavy atom. The summed E-state index contributed by atoms with van der Waals surface area (Å²) in [6, 6.07) is 5.12. The lowest BCUT2D eigenvalue weighted by molar-refractivity contribution is 0.597. The minimum Gasteiger partial charge on any atom is -0.229 e. The van der Waals surface area contributed by atoms with Gasteiger partial charge >= 0.3 is 0 Å². The van der Waals surface area contributed by atoms with Crippen LogP contribution in [0.4, 0.5) is 0 Å². The van der Waals surface area contributed by atoms with Gasteiger partial charge in [0, 0.05) is 15.7 Å². The average molecular weight is 275 g/mol. The largest absolute Gasteiger partial charge is 0.264 e. The number of nitrogens with zero attached hydrogens (tertiary/aromatic N) is 3. The molecule has 92 valence electrons. The van der Waals surface area contributed by atoms with Crippen LogP contribution in [-0.4, -0.2) is 23.1 Å². The molecule has 7 nitrogen and oxygen atoms in total. The number of benzene rings is 1. The standard InChI is InChI=1S/C8H9N3O4S2/c1-16(12,13)6-7-2-4-8(5-3-7)17(14,15)11-10-9/h2-5H,6H2,1H3. The van der Waals surface area contributed by atoms with Gasteiger partial charge in [-0.15, -0.1) is 0 Å². The first-order valence-corrected chi connectivity index (χ1v) is 7.83. The zero-order valence-electron chi connectivity index (χ0n) is 8.81. The van der Waals surface area contributed by atoms with Gasteiger partial charge in [0.25, 0.3) is 10.0 Å². The van der Waals surface area contributed by atoms with E-state index in [0.717, 1.165) is 6.26 Å². The molecule has 0 aliphatic rings. The van der Waals surface area contributed by atoms with Crippen LogP contribution in [0.1, 0.15) is 5.56 Å². The molecule has 0 spiro atoms. The van der Waals surface area contributed by atoms with Crippen LogP contribution in [0.25, 0.3) is 10.4 Å². The molecule has 0 radical (unpaired) electrons. The monoisotopic (exact) mass is 275 g/mol. The fraction of sp³-hybridized carbons (Fsp3) is 0.250. The van der Waals surface area contributed by atoms with Crippen molar-refractivity contribution >= 4 is 19.9 Å². The SMILES string of the molecule is CS(=O)(=O)Cc1ccc(S(=O)(=O)N=[N+]=[N-])cc1. The summed E-state index contributed by atoms with van der Waals surface area (Å²) in [5.41, 5.74) is 8.54. The summed E-state index contributed by atoms with van der Waals surface area (Å²) in [7, 11) is -7.18. The van der Waals surface area contributed by atoms with Crippen molar-refractivity contribution in [2.24, 2.45) is 4.52 Å². The van der Waals surface area contributed by atoms with Crippen LogP contribution in [0.3, 0.4) is 0 Å². The number of sulfone groups is 1. The molecule has 0 aromatic heterocycles. The molecule has 0 aliphatic heterocycles. The first kappa shape index (κ1) is 13.5. The average Bonchev–Trinajstić information content (AvgIpc) is 2.15. The van der Waals surface area contributed by atoms with Crippen molar-refractivity contribution in [3.8, 4) is 0 Å². The van der Waals surface area contributed by atoms with E-state index in [9.17, 15) is 16.8 Å². The summed E-state index contributed by atoms with van der Waals surface area (Å²) < 4.78 is 47.2. The minimum absolute atomic E-state index is 0.172. The normalized spacial score (nSPS) is 11.8. The highest BCUT2D eigenvalue weighted by Gasteiger charge is 2.12. The van der Waals surface area contributed by atoms with Gasteiger partial charge in [-0.3, -0.25) is 0 Å². The van der Waals surface area contributed by atoms with Crippen molar-refractivity contribution < 1.29 is 16.8 Å². The molecule has 0 aliphatic carbocycles. The molecule has 0 bridgehead atoms. The fourth-order valence-electron chi connectivity index (χ4n) is 1.16.